The highest BCUT2D eigenvalue weighted by Gasteiger charge is 2.40. The van der Waals surface area contributed by atoms with E-state index in [2.05, 4.69) is 16.0 Å². The number of imide groups is 1. The van der Waals surface area contributed by atoms with Crippen LogP contribution in [0.15, 0.2) is 72.8 Å². The third-order valence-electron chi connectivity index (χ3n) is 8.02. The number of nitrogens with one attached hydrogen (secondary N) is 3. The summed E-state index contributed by atoms with van der Waals surface area (Å²) in [6.07, 6.45) is 1.43. The molecule has 0 atom stereocenters. The van der Waals surface area contributed by atoms with E-state index in [1.807, 2.05) is 24.3 Å². The van der Waals surface area contributed by atoms with E-state index in [0.29, 0.717) is 77.1 Å². The van der Waals surface area contributed by atoms with E-state index in [9.17, 15) is 14.0 Å². The third-order valence-corrected chi connectivity index (χ3v) is 8.57. The molecule has 1 aromatic heterocycles. The Hall–Kier alpha value is -3.73. The summed E-state index contributed by atoms with van der Waals surface area (Å²) < 4.78 is 21.2. The van der Waals surface area contributed by atoms with Crippen LogP contribution in [-0.2, 0) is 18.4 Å². The number of ether oxygens (including phenoxy) is 1. The Morgan fingerprint density at radius 1 is 1.02 bits per heavy atom. The number of aromatic nitrogens is 1. The number of piperidine rings is 1. The minimum absolute atomic E-state index is 0.0427. The van der Waals surface area contributed by atoms with Crippen LogP contribution in [0.2, 0.25) is 10.0 Å². The number of benzene rings is 3. The molecule has 0 unspecified atom stereocenters. The van der Waals surface area contributed by atoms with Gasteiger partial charge in [-0.25, -0.2) is 4.39 Å². The molecule has 0 saturated carbocycles. The van der Waals surface area contributed by atoms with E-state index < -0.39 is 17.4 Å². The molecule has 2 heterocycles. The predicted molar refractivity (Wildman–Crippen MR) is 174 cm³/mol. The summed E-state index contributed by atoms with van der Waals surface area (Å²) in [5.41, 5.74) is 2.81. The molecule has 8 nitrogen and oxygen atoms in total. The van der Waals surface area contributed by atoms with Crippen molar-refractivity contribution in [3.8, 4) is 28.1 Å². The summed E-state index contributed by atoms with van der Waals surface area (Å²) in [6.45, 7) is 1.88. The molecule has 1 saturated heterocycles. The SMILES string of the molecule is Cn1c(C(=O)NC(=O)C2(NCc3cccc(F)c3)CCNCC2)cc(-c2ccc(Cl)cc2Cl)c1-c1ccc(OCCCO)cc1. The van der Waals surface area contributed by atoms with E-state index in [-0.39, 0.29) is 24.7 Å². The maximum Gasteiger partial charge on any atom is 0.274 e. The molecule has 4 N–H and O–H groups in total. The fourth-order valence-electron chi connectivity index (χ4n) is 5.59. The fourth-order valence-corrected chi connectivity index (χ4v) is 6.10. The highest BCUT2D eigenvalue weighted by molar-refractivity contribution is 6.36. The Kier molecular flexibility index (Phi) is 10.6. The number of rotatable bonds is 11. The van der Waals surface area contributed by atoms with E-state index in [0.717, 1.165) is 5.56 Å². The molecule has 11 heteroatoms. The van der Waals surface area contributed by atoms with Gasteiger partial charge in [0.05, 0.1) is 12.3 Å². The minimum Gasteiger partial charge on any atom is -0.494 e. The molecule has 1 aliphatic rings. The Balaban J connectivity index is 1.45. The number of amides is 2. The van der Waals surface area contributed by atoms with Crippen molar-refractivity contribution in [2.24, 2.45) is 7.05 Å². The van der Waals surface area contributed by atoms with Crippen LogP contribution < -0.4 is 20.7 Å². The number of aliphatic hydroxyl groups is 1. The topological polar surface area (TPSA) is 105 Å². The first-order valence-corrected chi connectivity index (χ1v) is 15.5. The second kappa shape index (κ2) is 14.6. The van der Waals surface area contributed by atoms with Crippen molar-refractivity contribution < 1.29 is 23.8 Å². The second-order valence-electron chi connectivity index (χ2n) is 11.0. The molecular formula is C34H35Cl2FN4O4. The molecule has 0 bridgehead atoms. The van der Waals surface area contributed by atoms with Crippen molar-refractivity contribution in [1.29, 1.82) is 0 Å². The molecule has 5 rings (SSSR count). The average molecular weight is 654 g/mol. The lowest BCUT2D eigenvalue weighted by Crippen LogP contribution is -2.62. The van der Waals surface area contributed by atoms with Crippen LogP contribution in [0.1, 0.15) is 35.3 Å². The lowest BCUT2D eigenvalue weighted by atomic mass is 9.86. The van der Waals surface area contributed by atoms with Gasteiger partial charge in [-0.05, 0) is 91.7 Å². The van der Waals surface area contributed by atoms with Gasteiger partial charge in [0, 0.05) is 47.8 Å². The van der Waals surface area contributed by atoms with Gasteiger partial charge < -0.3 is 19.7 Å². The Labute approximate surface area is 271 Å². The zero-order valence-corrected chi connectivity index (χ0v) is 26.3. The molecule has 0 aliphatic carbocycles. The first-order chi connectivity index (χ1) is 21.7. The van der Waals surface area contributed by atoms with Crippen molar-refractivity contribution >= 4 is 35.0 Å². The maximum atomic E-state index is 13.8. The van der Waals surface area contributed by atoms with Gasteiger partial charge in [0.25, 0.3) is 5.91 Å². The molecule has 0 radical (unpaired) electrons. The van der Waals surface area contributed by atoms with Gasteiger partial charge in [0.1, 0.15) is 22.8 Å². The summed E-state index contributed by atoms with van der Waals surface area (Å²) in [5.74, 6) is -0.708. The zero-order chi connectivity index (χ0) is 32.0. The lowest BCUT2D eigenvalue weighted by molar-refractivity contribution is -0.127. The zero-order valence-electron chi connectivity index (χ0n) is 24.8. The van der Waals surface area contributed by atoms with Gasteiger partial charge >= 0.3 is 0 Å². The summed E-state index contributed by atoms with van der Waals surface area (Å²) in [7, 11) is 1.76. The number of hydrogen-bond acceptors (Lipinski definition) is 6. The highest BCUT2D eigenvalue weighted by Crippen LogP contribution is 2.39. The van der Waals surface area contributed by atoms with Gasteiger partial charge in [0.2, 0.25) is 5.91 Å². The smallest absolute Gasteiger partial charge is 0.274 e. The number of aliphatic hydroxyl groups excluding tert-OH is 1. The summed E-state index contributed by atoms with van der Waals surface area (Å²) in [4.78, 5) is 27.6. The summed E-state index contributed by atoms with van der Waals surface area (Å²) in [5, 5.41) is 19.2. The van der Waals surface area contributed by atoms with Crippen molar-refractivity contribution in [3.63, 3.8) is 0 Å². The summed E-state index contributed by atoms with van der Waals surface area (Å²) >= 11 is 12.8. The first-order valence-electron chi connectivity index (χ1n) is 14.8. The van der Waals surface area contributed by atoms with E-state index in [4.69, 9.17) is 33.0 Å². The molecular weight excluding hydrogens is 618 g/mol. The number of carbonyl (C=O) groups excluding carboxylic acids is 2. The van der Waals surface area contributed by atoms with E-state index in [1.165, 1.54) is 12.1 Å². The predicted octanol–water partition coefficient (Wildman–Crippen LogP) is 5.73. The first kappa shape index (κ1) is 32.7. The van der Waals surface area contributed by atoms with E-state index >= 15 is 0 Å². The van der Waals surface area contributed by atoms with Crippen molar-refractivity contribution in [1.82, 2.24) is 20.5 Å². The maximum absolute atomic E-state index is 13.8. The largest absolute Gasteiger partial charge is 0.494 e. The molecule has 0 spiro atoms. The van der Waals surface area contributed by atoms with Crippen molar-refractivity contribution in [2.75, 3.05) is 26.3 Å². The number of carbonyl (C=O) groups is 2. The lowest BCUT2D eigenvalue weighted by Gasteiger charge is -2.37. The van der Waals surface area contributed by atoms with Crippen molar-refractivity contribution in [2.45, 2.75) is 31.3 Å². The standard InChI is InChI=1S/C34H35Cl2FN4O4/c1-41-30(32(43)40-33(44)34(12-14-38-15-13-34)39-21-22-4-2-5-25(37)18-22)20-28(27-11-8-24(35)19-29(27)36)31(41)23-6-9-26(10-7-23)45-17-3-16-42/h2,4-11,18-20,38-39,42H,3,12-17,21H2,1H3,(H,40,43,44). The van der Waals surface area contributed by atoms with Crippen LogP contribution in [0.5, 0.6) is 5.75 Å². The Morgan fingerprint density at radius 3 is 2.47 bits per heavy atom. The average Bonchev–Trinajstić information content (AvgIpc) is 3.37. The molecule has 236 valence electrons. The third kappa shape index (κ3) is 7.57. The molecule has 1 aliphatic heterocycles. The van der Waals surface area contributed by atoms with Crippen LogP contribution >= 0.6 is 23.2 Å². The molecule has 2 amide bonds. The normalized spacial score (nSPS) is 14.2. The number of hydrogen-bond donors (Lipinski definition) is 4. The molecule has 1 fully saturated rings. The van der Waals surface area contributed by atoms with Gasteiger partial charge in [-0.15, -0.1) is 0 Å². The summed E-state index contributed by atoms with van der Waals surface area (Å²) in [6, 6.07) is 20.5. The van der Waals surface area contributed by atoms with Crippen LogP contribution in [-0.4, -0.2) is 53.3 Å². The Morgan fingerprint density at radius 2 is 1.78 bits per heavy atom. The second-order valence-corrected chi connectivity index (χ2v) is 11.9. The van der Waals surface area contributed by atoms with Gasteiger partial charge in [-0.2, -0.15) is 0 Å². The fraction of sp³-hybridized carbons (Fsp3) is 0.294. The van der Waals surface area contributed by atoms with Crippen LogP contribution in [0, 0.1) is 5.82 Å². The number of nitrogens with zero attached hydrogens (tertiary/aromatic N) is 1. The molecule has 4 aromatic rings. The molecule has 45 heavy (non-hydrogen) atoms. The van der Waals surface area contributed by atoms with Crippen LogP contribution in [0.3, 0.4) is 0 Å². The minimum atomic E-state index is -1.02. The van der Waals surface area contributed by atoms with Gasteiger partial charge in [0.15, 0.2) is 0 Å². The van der Waals surface area contributed by atoms with Gasteiger partial charge in [-0.1, -0.05) is 41.4 Å². The van der Waals surface area contributed by atoms with Crippen LogP contribution in [0.4, 0.5) is 4.39 Å². The van der Waals surface area contributed by atoms with E-state index in [1.54, 1.807) is 48.0 Å². The van der Waals surface area contributed by atoms with Crippen molar-refractivity contribution in [3.05, 3.63) is 99.9 Å². The van der Waals surface area contributed by atoms with Gasteiger partial charge in [-0.3, -0.25) is 20.2 Å². The molecule has 3 aromatic carbocycles. The quantitative estimate of drug-likeness (QED) is 0.122. The Bertz CT molecular complexity index is 1670. The number of halogens is 3. The monoisotopic (exact) mass is 652 g/mol. The van der Waals surface area contributed by atoms with Crippen LogP contribution in [0.25, 0.3) is 22.4 Å². The highest BCUT2D eigenvalue weighted by atomic mass is 35.5.